The molecule has 8 heteroatoms. The molecule has 0 N–H and O–H groups in total. The van der Waals surface area contributed by atoms with Crippen LogP contribution in [-0.2, 0) is 4.74 Å². The first-order valence-electron chi connectivity index (χ1n) is 8.99. The van der Waals surface area contributed by atoms with Gasteiger partial charge < -0.3 is 14.4 Å². The quantitative estimate of drug-likeness (QED) is 0.295. The Morgan fingerprint density at radius 1 is 1.38 bits per heavy atom. The first kappa shape index (κ1) is 21.1. The van der Waals surface area contributed by atoms with Crippen LogP contribution in [0.1, 0.15) is 52.9 Å². The Balaban J connectivity index is 1.83. The second kappa shape index (κ2) is 9.65. The fourth-order valence-electron chi connectivity index (χ4n) is 2.90. The average Bonchev–Trinajstić information content (AvgIpc) is 2.57. The monoisotopic (exact) mass is 401 g/mol. The summed E-state index contributed by atoms with van der Waals surface area (Å²) < 4.78 is 11.3. The predicted molar refractivity (Wildman–Crippen MR) is 104 cm³/mol. The summed E-state index contributed by atoms with van der Waals surface area (Å²) in [6.45, 7) is 6.98. The van der Waals surface area contributed by atoms with Crippen LogP contribution in [0.5, 0.6) is 5.88 Å². The van der Waals surface area contributed by atoms with Crippen LogP contribution in [0.3, 0.4) is 0 Å². The maximum absolute atomic E-state index is 12.4. The molecule has 0 saturated carbocycles. The van der Waals surface area contributed by atoms with E-state index in [1.807, 2.05) is 31.9 Å². The first-order valence-corrected chi connectivity index (χ1v) is 10.6. The van der Waals surface area contributed by atoms with Gasteiger partial charge in [0.2, 0.25) is 5.88 Å². The minimum atomic E-state index is -0.469. The van der Waals surface area contributed by atoms with Gasteiger partial charge in [-0.15, -0.1) is 0 Å². The summed E-state index contributed by atoms with van der Waals surface area (Å²) in [6.07, 6.45) is 6.58. The van der Waals surface area contributed by atoms with Crippen LogP contribution in [-0.4, -0.2) is 52.0 Å². The molecule has 0 spiro atoms. The number of nitrogens with zero attached hydrogens (tertiary/aromatic N) is 3. The summed E-state index contributed by atoms with van der Waals surface area (Å²) in [6, 6.07) is 1.83. The number of carbonyl (C=O) groups excluding carboxylic acids is 1. The van der Waals surface area contributed by atoms with Crippen molar-refractivity contribution in [2.45, 2.75) is 69.7 Å². The highest BCUT2D eigenvalue weighted by atomic mass is 35.5. The van der Waals surface area contributed by atoms with Crippen molar-refractivity contribution in [3.05, 3.63) is 11.2 Å². The van der Waals surface area contributed by atoms with Gasteiger partial charge in [-0.2, -0.15) is 4.98 Å². The summed E-state index contributed by atoms with van der Waals surface area (Å²) in [5, 5.41) is 0.971. The number of carbonyl (C=O) groups is 1. The Hall–Kier alpha value is -1.21. The lowest BCUT2D eigenvalue weighted by Crippen LogP contribution is -2.46. The standard InChI is InChI=1S/C18H28ClN3O3S/c1-18(2,3)25-17(23)22-10-6-5-8-13(22)9-7-11-24-15-12-14(19)20-16(21-15)26-4/h12-13H,5-11H2,1-4H3/t13-/m0/s1. The number of rotatable bonds is 6. The lowest BCUT2D eigenvalue weighted by Gasteiger charge is -2.36. The average molecular weight is 402 g/mol. The zero-order chi connectivity index (χ0) is 19.2. The molecule has 26 heavy (non-hydrogen) atoms. The van der Waals surface area contributed by atoms with E-state index in [1.54, 1.807) is 6.07 Å². The first-order chi connectivity index (χ1) is 12.3. The highest BCUT2D eigenvalue weighted by molar-refractivity contribution is 7.98. The molecule has 1 aromatic heterocycles. The second-order valence-electron chi connectivity index (χ2n) is 7.33. The van der Waals surface area contributed by atoms with E-state index in [1.165, 1.54) is 11.8 Å². The van der Waals surface area contributed by atoms with Crippen LogP contribution in [0.25, 0.3) is 0 Å². The number of hydrogen-bond donors (Lipinski definition) is 0. The number of halogens is 1. The molecule has 6 nitrogen and oxygen atoms in total. The van der Waals surface area contributed by atoms with Crippen molar-refractivity contribution >= 4 is 29.5 Å². The SMILES string of the molecule is CSc1nc(Cl)cc(OCCC[C@@H]2CCCCN2C(=O)OC(C)(C)C)n1. The Bertz CT molecular complexity index is 610. The van der Waals surface area contributed by atoms with Crippen molar-refractivity contribution in [1.82, 2.24) is 14.9 Å². The molecule has 0 radical (unpaired) electrons. The maximum atomic E-state index is 12.4. The summed E-state index contributed by atoms with van der Waals surface area (Å²) in [4.78, 5) is 22.7. The molecule has 0 unspecified atom stereocenters. The van der Waals surface area contributed by atoms with E-state index in [0.717, 1.165) is 38.6 Å². The van der Waals surface area contributed by atoms with E-state index in [-0.39, 0.29) is 12.1 Å². The maximum Gasteiger partial charge on any atom is 0.410 e. The molecule has 1 aliphatic heterocycles. The number of hydrogen-bond acceptors (Lipinski definition) is 6. The van der Waals surface area contributed by atoms with Crippen LogP contribution >= 0.6 is 23.4 Å². The predicted octanol–water partition coefficient (Wildman–Crippen LogP) is 4.80. The van der Waals surface area contributed by atoms with E-state index in [4.69, 9.17) is 21.1 Å². The molecule has 1 fully saturated rings. The number of piperidine rings is 1. The van der Waals surface area contributed by atoms with Gasteiger partial charge in [-0.1, -0.05) is 23.4 Å². The van der Waals surface area contributed by atoms with E-state index < -0.39 is 5.60 Å². The number of aromatic nitrogens is 2. The van der Waals surface area contributed by atoms with Crippen molar-refractivity contribution in [2.75, 3.05) is 19.4 Å². The lowest BCUT2D eigenvalue weighted by molar-refractivity contribution is 0.00822. The van der Waals surface area contributed by atoms with E-state index in [2.05, 4.69) is 9.97 Å². The number of amides is 1. The Morgan fingerprint density at radius 3 is 2.85 bits per heavy atom. The Kier molecular flexibility index (Phi) is 7.83. The third-order valence-corrected chi connectivity index (χ3v) is 4.76. The van der Waals surface area contributed by atoms with Crippen molar-refractivity contribution in [2.24, 2.45) is 0 Å². The Morgan fingerprint density at radius 2 is 2.15 bits per heavy atom. The molecular weight excluding hydrogens is 374 g/mol. The van der Waals surface area contributed by atoms with E-state index in [0.29, 0.717) is 22.8 Å². The van der Waals surface area contributed by atoms with Gasteiger partial charge in [-0.05, 0) is 59.1 Å². The molecule has 1 saturated heterocycles. The fraction of sp³-hybridized carbons (Fsp3) is 0.722. The van der Waals surface area contributed by atoms with Gasteiger partial charge in [0.1, 0.15) is 10.8 Å². The topological polar surface area (TPSA) is 64.5 Å². The molecular formula is C18H28ClN3O3S. The van der Waals surface area contributed by atoms with Crippen LogP contribution in [0.2, 0.25) is 5.15 Å². The Labute approximate surface area is 165 Å². The van der Waals surface area contributed by atoms with Gasteiger partial charge in [0.15, 0.2) is 5.16 Å². The molecule has 1 amide bonds. The van der Waals surface area contributed by atoms with Crippen molar-refractivity contribution in [1.29, 1.82) is 0 Å². The summed E-state index contributed by atoms with van der Waals surface area (Å²) in [7, 11) is 0. The zero-order valence-corrected chi connectivity index (χ0v) is 17.5. The second-order valence-corrected chi connectivity index (χ2v) is 8.49. The van der Waals surface area contributed by atoms with Gasteiger partial charge in [0.05, 0.1) is 6.61 Å². The molecule has 0 aliphatic carbocycles. The number of thioether (sulfide) groups is 1. The minimum absolute atomic E-state index is 0.206. The van der Waals surface area contributed by atoms with E-state index in [9.17, 15) is 4.79 Å². The van der Waals surface area contributed by atoms with Gasteiger partial charge in [-0.3, -0.25) is 0 Å². The third-order valence-electron chi connectivity index (χ3n) is 4.02. The highest BCUT2D eigenvalue weighted by Gasteiger charge is 2.30. The lowest BCUT2D eigenvalue weighted by atomic mass is 9.98. The van der Waals surface area contributed by atoms with Gasteiger partial charge in [0.25, 0.3) is 0 Å². The van der Waals surface area contributed by atoms with Crippen LogP contribution < -0.4 is 4.74 Å². The highest BCUT2D eigenvalue weighted by Crippen LogP contribution is 2.24. The van der Waals surface area contributed by atoms with Gasteiger partial charge >= 0.3 is 6.09 Å². The van der Waals surface area contributed by atoms with Crippen molar-refractivity contribution in [3.63, 3.8) is 0 Å². The molecule has 0 bridgehead atoms. The smallest absolute Gasteiger partial charge is 0.410 e. The molecule has 1 atom stereocenters. The van der Waals surface area contributed by atoms with Crippen molar-refractivity contribution in [3.8, 4) is 5.88 Å². The van der Waals surface area contributed by atoms with Crippen LogP contribution in [0.15, 0.2) is 11.2 Å². The third kappa shape index (κ3) is 6.83. The largest absolute Gasteiger partial charge is 0.478 e. The normalized spacial score (nSPS) is 17.9. The van der Waals surface area contributed by atoms with Gasteiger partial charge in [-0.25, -0.2) is 9.78 Å². The molecule has 2 heterocycles. The van der Waals surface area contributed by atoms with Crippen LogP contribution in [0.4, 0.5) is 4.79 Å². The van der Waals surface area contributed by atoms with E-state index >= 15 is 0 Å². The molecule has 1 aromatic rings. The summed E-state index contributed by atoms with van der Waals surface area (Å²) in [5.74, 6) is 0.488. The molecule has 0 aromatic carbocycles. The van der Waals surface area contributed by atoms with Crippen molar-refractivity contribution < 1.29 is 14.3 Å². The minimum Gasteiger partial charge on any atom is -0.478 e. The summed E-state index contributed by atoms with van der Waals surface area (Å²) >= 11 is 7.39. The number of likely N-dealkylation sites (tertiary alicyclic amines) is 1. The number of ether oxygens (including phenoxy) is 2. The fourth-order valence-corrected chi connectivity index (χ4v) is 3.49. The summed E-state index contributed by atoms with van der Waals surface area (Å²) in [5.41, 5.74) is -0.469. The van der Waals surface area contributed by atoms with Gasteiger partial charge in [0, 0.05) is 18.7 Å². The van der Waals surface area contributed by atoms with Crippen LogP contribution in [0, 0.1) is 0 Å². The zero-order valence-electron chi connectivity index (χ0n) is 16.0. The molecule has 2 rings (SSSR count). The molecule has 146 valence electrons. The molecule has 1 aliphatic rings.